The second-order valence-corrected chi connectivity index (χ2v) is 6.25. The number of amides is 2. The Morgan fingerprint density at radius 3 is 2.67 bits per heavy atom. The fraction of sp³-hybridized carbons (Fsp3) is 0.846. The van der Waals surface area contributed by atoms with Gasteiger partial charge < -0.3 is 10.2 Å². The van der Waals surface area contributed by atoms with Gasteiger partial charge in [-0.05, 0) is 25.0 Å². The average Bonchev–Trinajstić information content (AvgIpc) is 2.86. The van der Waals surface area contributed by atoms with Crippen LogP contribution in [0.25, 0.3) is 0 Å². The number of hydrogen-bond donors (Lipinski definition) is 1. The van der Waals surface area contributed by atoms with Gasteiger partial charge in [0.1, 0.15) is 5.54 Å². The standard InChI is InChI=1S/C13H22N2O2S/c1-3-13(4-2)12(17)15(7-5-11(16)14-13)10-6-8-18-9-10/h10H,3-9H2,1-2H3,(H,14,16). The molecule has 4 nitrogen and oxygen atoms in total. The Hall–Kier alpha value is -0.710. The molecular formula is C13H22N2O2S. The average molecular weight is 270 g/mol. The largest absolute Gasteiger partial charge is 0.342 e. The van der Waals surface area contributed by atoms with Gasteiger partial charge in [-0.2, -0.15) is 11.8 Å². The summed E-state index contributed by atoms with van der Waals surface area (Å²) in [5.41, 5.74) is -0.666. The molecule has 0 aliphatic carbocycles. The lowest BCUT2D eigenvalue weighted by Crippen LogP contribution is -2.58. The Bertz CT molecular complexity index is 336. The highest BCUT2D eigenvalue weighted by atomic mass is 32.2. The van der Waals surface area contributed by atoms with Crippen molar-refractivity contribution in [2.45, 2.75) is 51.1 Å². The lowest BCUT2D eigenvalue weighted by molar-refractivity contribution is -0.140. The summed E-state index contributed by atoms with van der Waals surface area (Å²) in [6.45, 7) is 4.54. The topological polar surface area (TPSA) is 49.4 Å². The van der Waals surface area contributed by atoms with Crippen molar-refractivity contribution in [1.29, 1.82) is 0 Å². The van der Waals surface area contributed by atoms with Crippen molar-refractivity contribution in [2.75, 3.05) is 18.1 Å². The van der Waals surface area contributed by atoms with Crippen LogP contribution >= 0.6 is 11.8 Å². The lowest BCUT2D eigenvalue weighted by Gasteiger charge is -2.36. The monoisotopic (exact) mass is 270 g/mol. The van der Waals surface area contributed by atoms with Crippen LogP contribution in [-0.4, -0.2) is 46.3 Å². The van der Waals surface area contributed by atoms with E-state index in [9.17, 15) is 9.59 Å². The van der Waals surface area contributed by atoms with Crippen molar-refractivity contribution >= 4 is 23.6 Å². The fourth-order valence-corrected chi connectivity index (χ4v) is 4.05. The third kappa shape index (κ3) is 2.37. The second-order valence-electron chi connectivity index (χ2n) is 5.10. The van der Waals surface area contributed by atoms with Gasteiger partial charge in [0.05, 0.1) is 0 Å². The van der Waals surface area contributed by atoms with E-state index in [1.807, 2.05) is 30.5 Å². The van der Waals surface area contributed by atoms with Crippen LogP contribution in [0.2, 0.25) is 0 Å². The zero-order chi connectivity index (χ0) is 13.2. The maximum atomic E-state index is 12.8. The maximum absolute atomic E-state index is 12.8. The Morgan fingerprint density at radius 2 is 2.11 bits per heavy atom. The molecule has 0 aromatic rings. The predicted molar refractivity (Wildman–Crippen MR) is 73.5 cm³/mol. The first-order valence-corrected chi connectivity index (χ1v) is 7.98. The van der Waals surface area contributed by atoms with Crippen LogP contribution in [0, 0.1) is 0 Å². The van der Waals surface area contributed by atoms with Crippen molar-refractivity contribution in [3.8, 4) is 0 Å². The third-order valence-corrected chi connectivity index (χ3v) is 5.33. The van der Waals surface area contributed by atoms with Crippen molar-refractivity contribution in [3.63, 3.8) is 0 Å². The highest BCUT2D eigenvalue weighted by Gasteiger charge is 2.44. The molecule has 18 heavy (non-hydrogen) atoms. The maximum Gasteiger partial charge on any atom is 0.248 e. The summed E-state index contributed by atoms with van der Waals surface area (Å²) in [6, 6.07) is 0.327. The Balaban J connectivity index is 2.25. The number of nitrogens with one attached hydrogen (secondary N) is 1. The first kappa shape index (κ1) is 13.7. The van der Waals surface area contributed by atoms with Gasteiger partial charge in [-0.1, -0.05) is 13.8 Å². The van der Waals surface area contributed by atoms with E-state index in [0.717, 1.165) is 17.9 Å². The van der Waals surface area contributed by atoms with Crippen molar-refractivity contribution in [1.82, 2.24) is 10.2 Å². The minimum Gasteiger partial charge on any atom is -0.342 e. The number of hydrogen-bond acceptors (Lipinski definition) is 3. The molecule has 0 aromatic carbocycles. The molecule has 1 unspecified atom stereocenters. The van der Waals surface area contributed by atoms with Gasteiger partial charge in [0, 0.05) is 24.8 Å². The van der Waals surface area contributed by atoms with Crippen molar-refractivity contribution < 1.29 is 9.59 Å². The summed E-state index contributed by atoms with van der Waals surface area (Å²) in [4.78, 5) is 26.6. The van der Waals surface area contributed by atoms with Crippen molar-refractivity contribution in [2.24, 2.45) is 0 Å². The zero-order valence-electron chi connectivity index (χ0n) is 11.2. The Kier molecular flexibility index (Phi) is 4.20. The molecule has 2 aliphatic heterocycles. The normalized spacial score (nSPS) is 28.1. The van der Waals surface area contributed by atoms with Gasteiger partial charge >= 0.3 is 0 Å². The lowest BCUT2D eigenvalue weighted by atomic mass is 9.90. The second kappa shape index (κ2) is 5.51. The van der Waals surface area contributed by atoms with Crippen LogP contribution in [0.4, 0.5) is 0 Å². The SMILES string of the molecule is CCC1(CC)NC(=O)CCN(C2CCSC2)C1=O. The first-order valence-electron chi connectivity index (χ1n) is 6.83. The third-order valence-electron chi connectivity index (χ3n) is 4.18. The number of rotatable bonds is 3. The quantitative estimate of drug-likeness (QED) is 0.843. The Morgan fingerprint density at radius 1 is 1.39 bits per heavy atom. The van der Waals surface area contributed by atoms with E-state index in [4.69, 9.17) is 0 Å². The van der Waals surface area contributed by atoms with E-state index in [2.05, 4.69) is 5.32 Å². The van der Waals surface area contributed by atoms with Gasteiger partial charge in [-0.15, -0.1) is 0 Å². The summed E-state index contributed by atoms with van der Waals surface area (Å²) in [6.07, 6.45) is 2.84. The molecule has 1 N–H and O–H groups in total. The number of nitrogens with zero attached hydrogens (tertiary/aromatic N) is 1. The van der Waals surface area contributed by atoms with E-state index in [1.54, 1.807) is 0 Å². The summed E-state index contributed by atoms with van der Waals surface area (Å²) in [5, 5.41) is 2.96. The zero-order valence-corrected chi connectivity index (χ0v) is 12.0. The molecule has 2 aliphatic rings. The number of thioether (sulfide) groups is 1. The minimum atomic E-state index is -0.666. The molecule has 0 radical (unpaired) electrons. The van der Waals surface area contributed by atoms with E-state index in [0.29, 0.717) is 31.8 Å². The molecule has 5 heteroatoms. The number of carbonyl (C=O) groups excluding carboxylic acids is 2. The van der Waals surface area contributed by atoms with E-state index >= 15 is 0 Å². The molecule has 2 heterocycles. The van der Waals surface area contributed by atoms with E-state index < -0.39 is 5.54 Å². The van der Waals surface area contributed by atoms with Gasteiger partial charge in [0.2, 0.25) is 11.8 Å². The van der Waals surface area contributed by atoms with Gasteiger partial charge in [0.15, 0.2) is 0 Å². The Labute approximate surface area is 113 Å². The van der Waals surface area contributed by atoms with Crippen molar-refractivity contribution in [3.05, 3.63) is 0 Å². The highest BCUT2D eigenvalue weighted by molar-refractivity contribution is 7.99. The van der Waals surface area contributed by atoms with Crippen LogP contribution in [0.5, 0.6) is 0 Å². The molecule has 1 atom stereocenters. The van der Waals surface area contributed by atoms with Gasteiger partial charge in [0.25, 0.3) is 0 Å². The molecule has 2 rings (SSSR count). The van der Waals surface area contributed by atoms with E-state index in [1.165, 1.54) is 0 Å². The molecule has 0 saturated carbocycles. The smallest absolute Gasteiger partial charge is 0.248 e. The van der Waals surface area contributed by atoms with Gasteiger partial charge in [-0.25, -0.2) is 0 Å². The van der Waals surface area contributed by atoms with Crippen LogP contribution in [0.3, 0.4) is 0 Å². The summed E-state index contributed by atoms with van der Waals surface area (Å²) < 4.78 is 0. The first-order chi connectivity index (χ1) is 8.63. The number of carbonyl (C=O) groups is 2. The molecule has 0 spiro atoms. The molecular weight excluding hydrogens is 248 g/mol. The van der Waals surface area contributed by atoms with Crippen LogP contribution in [0.1, 0.15) is 39.5 Å². The predicted octanol–water partition coefficient (Wildman–Crippen LogP) is 1.40. The summed E-state index contributed by atoms with van der Waals surface area (Å²) in [5.74, 6) is 2.29. The molecule has 102 valence electrons. The summed E-state index contributed by atoms with van der Waals surface area (Å²) in [7, 11) is 0. The van der Waals surface area contributed by atoms with Gasteiger partial charge in [-0.3, -0.25) is 9.59 Å². The summed E-state index contributed by atoms with van der Waals surface area (Å²) >= 11 is 1.90. The van der Waals surface area contributed by atoms with Crippen LogP contribution in [-0.2, 0) is 9.59 Å². The van der Waals surface area contributed by atoms with E-state index in [-0.39, 0.29) is 11.8 Å². The molecule has 2 fully saturated rings. The molecule has 2 saturated heterocycles. The fourth-order valence-electron chi connectivity index (χ4n) is 2.83. The molecule has 2 amide bonds. The minimum absolute atomic E-state index is 0.0141. The molecule has 0 aromatic heterocycles. The highest BCUT2D eigenvalue weighted by Crippen LogP contribution is 2.28. The van der Waals surface area contributed by atoms with Crippen LogP contribution in [0.15, 0.2) is 0 Å². The van der Waals surface area contributed by atoms with Crippen LogP contribution < -0.4 is 5.32 Å². The molecule has 0 bridgehead atoms.